The van der Waals surface area contributed by atoms with Gasteiger partial charge in [-0.25, -0.2) is 22.2 Å². The Kier molecular flexibility index (Phi) is 6.84. The summed E-state index contributed by atoms with van der Waals surface area (Å²) in [4.78, 5) is 3.91. The quantitative estimate of drug-likeness (QED) is 0.221. The van der Waals surface area contributed by atoms with Gasteiger partial charge in [0.1, 0.15) is 22.3 Å². The van der Waals surface area contributed by atoms with Gasteiger partial charge in [0, 0.05) is 28.9 Å². The Labute approximate surface area is 224 Å². The predicted molar refractivity (Wildman–Crippen MR) is 142 cm³/mol. The number of benzene rings is 3. The van der Waals surface area contributed by atoms with E-state index in [1.807, 2.05) is 24.3 Å². The van der Waals surface area contributed by atoms with Gasteiger partial charge in [-0.1, -0.05) is 41.9 Å². The number of rotatable bonds is 7. The van der Waals surface area contributed by atoms with Crippen molar-refractivity contribution in [3.05, 3.63) is 106 Å². The van der Waals surface area contributed by atoms with E-state index in [1.165, 1.54) is 12.1 Å². The third-order valence-corrected chi connectivity index (χ3v) is 7.73. The second-order valence-electron chi connectivity index (χ2n) is 7.97. The molecule has 0 amide bonds. The molecule has 2 N–H and O–H groups in total. The Balaban J connectivity index is 1.36. The molecular formula is C25H17BrClF2N5O2S. The Bertz CT molecular complexity index is 1730. The van der Waals surface area contributed by atoms with Crippen LogP contribution in [0.15, 0.2) is 88.4 Å². The molecule has 0 aliphatic rings. The largest absolute Gasteiger partial charge is 0.366 e. The summed E-state index contributed by atoms with van der Waals surface area (Å²) >= 11 is 9.85. The summed E-state index contributed by atoms with van der Waals surface area (Å²) < 4.78 is 57.1. The van der Waals surface area contributed by atoms with Crippen LogP contribution in [0.25, 0.3) is 16.9 Å². The van der Waals surface area contributed by atoms with Crippen molar-refractivity contribution in [2.75, 3.05) is 10.0 Å². The molecule has 5 aromatic rings. The van der Waals surface area contributed by atoms with Crippen LogP contribution in [0.3, 0.4) is 0 Å². The number of nitrogens with one attached hydrogen (secondary N) is 2. The second-order valence-corrected chi connectivity index (χ2v) is 10.9. The van der Waals surface area contributed by atoms with Gasteiger partial charge in [-0.2, -0.15) is 9.61 Å². The molecule has 0 unspecified atom stereocenters. The van der Waals surface area contributed by atoms with Gasteiger partial charge < -0.3 is 5.32 Å². The fraction of sp³-hybridized carbons (Fsp3) is 0.0400. The molecule has 0 bridgehead atoms. The summed E-state index contributed by atoms with van der Waals surface area (Å²) in [7, 11) is -4.31. The van der Waals surface area contributed by atoms with E-state index in [1.54, 1.807) is 28.9 Å². The van der Waals surface area contributed by atoms with E-state index < -0.39 is 26.6 Å². The highest BCUT2D eigenvalue weighted by Gasteiger charge is 2.20. The van der Waals surface area contributed by atoms with Crippen LogP contribution < -0.4 is 10.0 Å². The zero-order valence-corrected chi connectivity index (χ0v) is 21.9. The molecule has 0 saturated carbocycles. The minimum atomic E-state index is -4.31. The number of aromatic nitrogens is 3. The number of hydrogen-bond donors (Lipinski definition) is 2. The average molecular weight is 605 g/mol. The fourth-order valence-electron chi connectivity index (χ4n) is 3.65. The van der Waals surface area contributed by atoms with Gasteiger partial charge in [-0.15, -0.1) is 0 Å². The third kappa shape index (κ3) is 5.29. The Hall–Kier alpha value is -3.54. The van der Waals surface area contributed by atoms with Crippen LogP contribution in [0.5, 0.6) is 0 Å². The van der Waals surface area contributed by atoms with Gasteiger partial charge in [0.05, 0.1) is 16.4 Å². The Morgan fingerprint density at radius 1 is 1.00 bits per heavy atom. The highest BCUT2D eigenvalue weighted by Crippen LogP contribution is 2.30. The molecule has 12 heteroatoms. The van der Waals surface area contributed by atoms with Crippen molar-refractivity contribution in [3.8, 4) is 11.3 Å². The molecule has 5 rings (SSSR count). The summed E-state index contributed by atoms with van der Waals surface area (Å²) in [5.41, 5.74) is 3.07. The molecule has 188 valence electrons. The van der Waals surface area contributed by atoms with E-state index in [0.717, 1.165) is 27.7 Å². The van der Waals surface area contributed by atoms with Crippen molar-refractivity contribution in [2.24, 2.45) is 0 Å². The van der Waals surface area contributed by atoms with Crippen LogP contribution in [0.4, 0.5) is 20.3 Å². The number of anilines is 2. The highest BCUT2D eigenvalue weighted by atomic mass is 79.9. The van der Waals surface area contributed by atoms with Crippen molar-refractivity contribution >= 4 is 54.7 Å². The lowest BCUT2D eigenvalue weighted by molar-refractivity contribution is 0.555. The summed E-state index contributed by atoms with van der Waals surface area (Å²) in [6, 6.07) is 18.0. The zero-order valence-electron chi connectivity index (χ0n) is 18.8. The second kappa shape index (κ2) is 10.1. The van der Waals surface area contributed by atoms with Gasteiger partial charge >= 0.3 is 0 Å². The molecule has 0 radical (unpaired) electrons. The van der Waals surface area contributed by atoms with E-state index >= 15 is 0 Å². The van der Waals surface area contributed by atoms with Gasteiger partial charge in [-0.05, 0) is 57.9 Å². The number of fused-ring (bicyclic) bond motifs is 1. The molecular weight excluding hydrogens is 588 g/mol. The van der Waals surface area contributed by atoms with E-state index in [2.05, 4.69) is 36.1 Å². The Morgan fingerprint density at radius 3 is 2.51 bits per heavy atom. The van der Waals surface area contributed by atoms with Crippen LogP contribution in [0.2, 0.25) is 5.02 Å². The van der Waals surface area contributed by atoms with E-state index in [4.69, 9.17) is 11.6 Å². The fourth-order valence-corrected chi connectivity index (χ4v) is 5.38. The number of sulfonamides is 1. The third-order valence-electron chi connectivity index (χ3n) is 5.44. The predicted octanol–water partition coefficient (Wildman–Crippen LogP) is 6.50. The molecule has 0 aliphatic heterocycles. The first kappa shape index (κ1) is 25.1. The molecule has 0 spiro atoms. The summed E-state index contributed by atoms with van der Waals surface area (Å²) in [6.45, 7) is 0.379. The minimum Gasteiger partial charge on any atom is -0.366 e. The number of halogens is 4. The summed E-state index contributed by atoms with van der Waals surface area (Å²) in [5.74, 6) is -1.23. The SMILES string of the molecule is O=S(=O)(Nc1ccc(CNc2cc(-c3ccccc3Cl)nc3c(Br)cnn23)cc1)c1cc(F)ccc1F. The maximum atomic E-state index is 13.9. The average Bonchev–Trinajstić information content (AvgIpc) is 3.25. The van der Waals surface area contributed by atoms with Gasteiger partial charge in [0.25, 0.3) is 10.0 Å². The standard InChI is InChI=1S/C25H17BrClF2N5O2S/c26-19-14-31-34-24(12-22(32-25(19)34)18-3-1-2-4-20(18)27)30-13-15-5-8-17(9-6-15)33-37(35,36)23-11-16(28)7-10-21(23)29/h1-12,14,30,33H,13H2. The molecule has 37 heavy (non-hydrogen) atoms. The van der Waals surface area contributed by atoms with Crippen LogP contribution in [0.1, 0.15) is 5.56 Å². The van der Waals surface area contributed by atoms with Gasteiger partial charge in [0.2, 0.25) is 0 Å². The van der Waals surface area contributed by atoms with Crippen LogP contribution >= 0.6 is 27.5 Å². The first-order valence-electron chi connectivity index (χ1n) is 10.8. The molecule has 2 heterocycles. The maximum absolute atomic E-state index is 13.9. The molecule has 2 aromatic heterocycles. The van der Waals surface area contributed by atoms with Gasteiger partial charge in [-0.3, -0.25) is 4.72 Å². The van der Waals surface area contributed by atoms with E-state index in [9.17, 15) is 17.2 Å². The molecule has 0 saturated heterocycles. The molecule has 0 aliphatic carbocycles. The molecule has 3 aromatic carbocycles. The van der Waals surface area contributed by atoms with Crippen molar-refractivity contribution < 1.29 is 17.2 Å². The smallest absolute Gasteiger partial charge is 0.264 e. The molecule has 7 nitrogen and oxygen atoms in total. The van der Waals surface area contributed by atoms with Crippen LogP contribution in [-0.4, -0.2) is 23.0 Å². The van der Waals surface area contributed by atoms with E-state index in [-0.39, 0.29) is 5.69 Å². The molecule has 0 atom stereocenters. The lowest BCUT2D eigenvalue weighted by atomic mass is 10.1. The normalized spacial score (nSPS) is 11.6. The number of hydrogen-bond acceptors (Lipinski definition) is 5. The van der Waals surface area contributed by atoms with Crippen molar-refractivity contribution in [2.45, 2.75) is 11.4 Å². The lowest BCUT2D eigenvalue weighted by Crippen LogP contribution is -2.15. The van der Waals surface area contributed by atoms with E-state index in [0.29, 0.717) is 34.8 Å². The minimum absolute atomic E-state index is 0.204. The zero-order chi connectivity index (χ0) is 26.2. The summed E-state index contributed by atoms with van der Waals surface area (Å²) in [6.07, 6.45) is 1.65. The number of nitrogens with zero attached hydrogens (tertiary/aromatic N) is 3. The van der Waals surface area contributed by atoms with Crippen molar-refractivity contribution in [1.82, 2.24) is 14.6 Å². The first-order valence-corrected chi connectivity index (χ1v) is 13.5. The topological polar surface area (TPSA) is 88.4 Å². The monoisotopic (exact) mass is 603 g/mol. The van der Waals surface area contributed by atoms with Gasteiger partial charge in [0.15, 0.2) is 5.65 Å². The molecule has 0 fully saturated rings. The van der Waals surface area contributed by atoms with Crippen molar-refractivity contribution in [3.63, 3.8) is 0 Å². The first-order chi connectivity index (χ1) is 17.7. The maximum Gasteiger partial charge on any atom is 0.264 e. The lowest BCUT2D eigenvalue weighted by Gasteiger charge is -2.13. The van der Waals surface area contributed by atoms with Crippen LogP contribution in [0, 0.1) is 11.6 Å². The highest BCUT2D eigenvalue weighted by molar-refractivity contribution is 9.10. The van der Waals surface area contributed by atoms with Crippen LogP contribution in [-0.2, 0) is 16.6 Å². The summed E-state index contributed by atoms with van der Waals surface area (Å²) in [5, 5.41) is 8.25. The Morgan fingerprint density at radius 2 is 1.76 bits per heavy atom. The van der Waals surface area contributed by atoms with Crippen molar-refractivity contribution in [1.29, 1.82) is 0 Å².